The van der Waals surface area contributed by atoms with Crippen molar-refractivity contribution in [3.05, 3.63) is 18.1 Å². The Morgan fingerprint density at radius 2 is 2.00 bits per heavy atom. The van der Waals surface area contributed by atoms with Crippen molar-refractivity contribution in [1.82, 2.24) is 15.3 Å². The van der Waals surface area contributed by atoms with Crippen LogP contribution in [0.4, 0.5) is 5.82 Å². The van der Waals surface area contributed by atoms with Crippen LogP contribution in [0.15, 0.2) is 12.4 Å². The standard InChI is InChI=1S/C16H28N4/c1-3-9-17-10-15-11-19-16(12-18-15)20(2)13-14-7-5-4-6-8-14/h11-12,14,17H,3-10,13H2,1-2H3. The van der Waals surface area contributed by atoms with Crippen LogP contribution in [0, 0.1) is 5.92 Å². The fourth-order valence-corrected chi connectivity index (χ4v) is 2.88. The summed E-state index contributed by atoms with van der Waals surface area (Å²) < 4.78 is 0. The van der Waals surface area contributed by atoms with Gasteiger partial charge in [-0.3, -0.25) is 4.98 Å². The Kier molecular flexibility index (Phi) is 6.25. The Bertz CT molecular complexity index is 371. The van der Waals surface area contributed by atoms with Crippen molar-refractivity contribution in [2.24, 2.45) is 5.92 Å². The predicted octanol–water partition coefficient (Wildman–Crippen LogP) is 2.99. The number of nitrogens with one attached hydrogen (secondary N) is 1. The van der Waals surface area contributed by atoms with Crippen LogP contribution < -0.4 is 10.2 Å². The summed E-state index contributed by atoms with van der Waals surface area (Å²) in [4.78, 5) is 11.3. The summed E-state index contributed by atoms with van der Waals surface area (Å²) in [6, 6.07) is 0. The van der Waals surface area contributed by atoms with Crippen molar-refractivity contribution < 1.29 is 0 Å². The van der Waals surface area contributed by atoms with Crippen molar-refractivity contribution in [2.45, 2.75) is 52.0 Å². The molecule has 0 atom stereocenters. The lowest BCUT2D eigenvalue weighted by atomic mass is 9.89. The summed E-state index contributed by atoms with van der Waals surface area (Å²) >= 11 is 0. The van der Waals surface area contributed by atoms with Crippen molar-refractivity contribution in [3.8, 4) is 0 Å². The summed E-state index contributed by atoms with van der Waals surface area (Å²) in [5.41, 5.74) is 1.02. The van der Waals surface area contributed by atoms with Gasteiger partial charge >= 0.3 is 0 Å². The van der Waals surface area contributed by atoms with Gasteiger partial charge in [-0.1, -0.05) is 26.2 Å². The fraction of sp³-hybridized carbons (Fsp3) is 0.750. The van der Waals surface area contributed by atoms with Crippen molar-refractivity contribution in [2.75, 3.05) is 25.0 Å². The van der Waals surface area contributed by atoms with Gasteiger partial charge in [-0.05, 0) is 31.7 Å². The van der Waals surface area contributed by atoms with Gasteiger partial charge < -0.3 is 10.2 Å². The van der Waals surface area contributed by atoms with E-state index in [2.05, 4.69) is 34.2 Å². The third-order valence-corrected chi connectivity index (χ3v) is 4.07. The predicted molar refractivity (Wildman–Crippen MR) is 83.9 cm³/mol. The molecule has 4 nitrogen and oxygen atoms in total. The molecule has 1 aromatic heterocycles. The van der Waals surface area contributed by atoms with Crippen LogP contribution in [-0.2, 0) is 6.54 Å². The molecule has 1 aliphatic carbocycles. The molecule has 112 valence electrons. The molecule has 2 rings (SSSR count). The van der Waals surface area contributed by atoms with Crippen LogP contribution in [-0.4, -0.2) is 30.1 Å². The first-order chi connectivity index (χ1) is 9.79. The van der Waals surface area contributed by atoms with E-state index in [0.29, 0.717) is 0 Å². The molecule has 1 saturated carbocycles. The van der Waals surface area contributed by atoms with Crippen LogP contribution in [0.5, 0.6) is 0 Å². The minimum atomic E-state index is 0.813. The van der Waals surface area contributed by atoms with Gasteiger partial charge in [-0.25, -0.2) is 4.98 Å². The molecule has 0 saturated heterocycles. The van der Waals surface area contributed by atoms with Crippen LogP contribution >= 0.6 is 0 Å². The Morgan fingerprint density at radius 1 is 1.20 bits per heavy atom. The van der Waals surface area contributed by atoms with E-state index in [1.807, 2.05) is 12.4 Å². The highest BCUT2D eigenvalue weighted by molar-refractivity contribution is 5.34. The van der Waals surface area contributed by atoms with Crippen LogP contribution in [0.3, 0.4) is 0 Å². The van der Waals surface area contributed by atoms with Gasteiger partial charge in [0.1, 0.15) is 5.82 Å². The Balaban J connectivity index is 1.81. The van der Waals surface area contributed by atoms with Crippen LogP contribution in [0.2, 0.25) is 0 Å². The number of hydrogen-bond donors (Lipinski definition) is 1. The lowest BCUT2D eigenvalue weighted by Gasteiger charge is -2.27. The van der Waals surface area contributed by atoms with E-state index in [0.717, 1.165) is 43.5 Å². The van der Waals surface area contributed by atoms with Crippen molar-refractivity contribution >= 4 is 5.82 Å². The number of hydrogen-bond acceptors (Lipinski definition) is 4. The van der Waals surface area contributed by atoms with E-state index in [1.165, 1.54) is 32.1 Å². The molecule has 1 fully saturated rings. The lowest BCUT2D eigenvalue weighted by molar-refractivity contribution is 0.361. The third kappa shape index (κ3) is 4.75. The first-order valence-corrected chi connectivity index (χ1v) is 8.02. The van der Waals surface area contributed by atoms with Crippen molar-refractivity contribution in [3.63, 3.8) is 0 Å². The first kappa shape index (κ1) is 15.2. The molecular weight excluding hydrogens is 248 g/mol. The second-order valence-electron chi connectivity index (χ2n) is 5.93. The average Bonchev–Trinajstić information content (AvgIpc) is 2.49. The highest BCUT2D eigenvalue weighted by Crippen LogP contribution is 2.25. The zero-order valence-corrected chi connectivity index (χ0v) is 12.9. The number of aromatic nitrogens is 2. The summed E-state index contributed by atoms with van der Waals surface area (Å²) in [5, 5.41) is 3.35. The zero-order valence-electron chi connectivity index (χ0n) is 12.9. The molecule has 1 aromatic rings. The van der Waals surface area contributed by atoms with Gasteiger partial charge in [0.25, 0.3) is 0 Å². The SMILES string of the molecule is CCCNCc1cnc(N(C)CC2CCCCC2)cn1. The maximum atomic E-state index is 4.55. The second-order valence-corrected chi connectivity index (χ2v) is 5.93. The summed E-state index contributed by atoms with van der Waals surface area (Å²) in [7, 11) is 2.13. The quantitative estimate of drug-likeness (QED) is 0.777. The van der Waals surface area contributed by atoms with E-state index in [9.17, 15) is 0 Å². The minimum Gasteiger partial charge on any atom is -0.358 e. The van der Waals surface area contributed by atoms with E-state index in [-0.39, 0.29) is 0 Å². The summed E-state index contributed by atoms with van der Waals surface area (Å²) in [6.45, 7) is 5.13. The Hall–Kier alpha value is -1.16. The maximum Gasteiger partial charge on any atom is 0.146 e. The zero-order chi connectivity index (χ0) is 14.2. The maximum absolute atomic E-state index is 4.55. The van der Waals surface area contributed by atoms with E-state index >= 15 is 0 Å². The van der Waals surface area contributed by atoms with Gasteiger partial charge in [0.2, 0.25) is 0 Å². The van der Waals surface area contributed by atoms with Crippen LogP contribution in [0.25, 0.3) is 0 Å². The molecule has 1 heterocycles. The summed E-state index contributed by atoms with van der Waals surface area (Å²) in [5.74, 6) is 1.83. The second kappa shape index (κ2) is 8.20. The minimum absolute atomic E-state index is 0.813. The molecule has 0 spiro atoms. The van der Waals surface area contributed by atoms with Gasteiger partial charge in [-0.2, -0.15) is 0 Å². The normalized spacial score (nSPS) is 16.3. The molecule has 20 heavy (non-hydrogen) atoms. The molecule has 4 heteroatoms. The molecular formula is C16H28N4. The Morgan fingerprint density at radius 3 is 2.65 bits per heavy atom. The molecule has 0 radical (unpaired) electrons. The molecule has 1 aliphatic rings. The van der Waals surface area contributed by atoms with E-state index < -0.39 is 0 Å². The highest BCUT2D eigenvalue weighted by Gasteiger charge is 2.16. The van der Waals surface area contributed by atoms with Gasteiger partial charge in [0.05, 0.1) is 18.1 Å². The monoisotopic (exact) mass is 276 g/mol. The topological polar surface area (TPSA) is 41.1 Å². The first-order valence-electron chi connectivity index (χ1n) is 8.02. The average molecular weight is 276 g/mol. The van der Waals surface area contributed by atoms with E-state index in [4.69, 9.17) is 0 Å². The van der Waals surface area contributed by atoms with Gasteiger partial charge in [0.15, 0.2) is 0 Å². The lowest BCUT2D eigenvalue weighted by Crippen LogP contribution is -2.27. The van der Waals surface area contributed by atoms with Crippen molar-refractivity contribution in [1.29, 1.82) is 0 Å². The molecule has 0 aliphatic heterocycles. The molecule has 0 bridgehead atoms. The fourth-order valence-electron chi connectivity index (χ4n) is 2.88. The highest BCUT2D eigenvalue weighted by atomic mass is 15.2. The number of nitrogens with zero attached hydrogens (tertiary/aromatic N) is 3. The summed E-state index contributed by atoms with van der Waals surface area (Å²) in [6.07, 6.45) is 11.9. The number of anilines is 1. The van der Waals surface area contributed by atoms with Crippen LogP contribution in [0.1, 0.15) is 51.1 Å². The smallest absolute Gasteiger partial charge is 0.146 e. The number of rotatable bonds is 7. The largest absolute Gasteiger partial charge is 0.358 e. The van der Waals surface area contributed by atoms with E-state index in [1.54, 1.807) is 0 Å². The molecule has 0 aromatic carbocycles. The van der Waals surface area contributed by atoms with Gasteiger partial charge in [0, 0.05) is 20.1 Å². The van der Waals surface area contributed by atoms with Gasteiger partial charge in [-0.15, -0.1) is 0 Å². The Labute approximate surface area is 123 Å². The molecule has 1 N–H and O–H groups in total. The molecule has 0 unspecified atom stereocenters. The third-order valence-electron chi connectivity index (χ3n) is 4.07. The molecule has 0 amide bonds.